The van der Waals surface area contributed by atoms with E-state index in [9.17, 15) is 22.8 Å². The maximum absolute atomic E-state index is 14.6. The summed E-state index contributed by atoms with van der Waals surface area (Å²) in [4.78, 5) is 31.6. The van der Waals surface area contributed by atoms with E-state index < -0.39 is 28.9 Å². The van der Waals surface area contributed by atoms with E-state index in [1.54, 1.807) is 13.0 Å². The average Bonchev–Trinajstić information content (AvgIpc) is 2.96. The van der Waals surface area contributed by atoms with Crippen LogP contribution in [0.3, 0.4) is 0 Å². The molecule has 214 valence electrons. The second-order valence-corrected chi connectivity index (χ2v) is 10.3. The van der Waals surface area contributed by atoms with Crippen molar-refractivity contribution in [3.63, 3.8) is 0 Å². The molecule has 7 nitrogen and oxygen atoms in total. The first-order valence-electron chi connectivity index (χ1n) is 13.5. The van der Waals surface area contributed by atoms with Gasteiger partial charge in [0.1, 0.15) is 23.1 Å². The molecular weight excluding hydrogens is 531 g/mol. The lowest BCUT2D eigenvalue weighted by Crippen LogP contribution is -2.51. The SMILES string of the molecule is Cc1c(N2CCN(Cc3cccc(F)c3)CC2)c(=O)n(CC(N)c2ccccc2)c(=O)n1Cc1c(F)cccc1F. The lowest BCUT2D eigenvalue weighted by Gasteiger charge is -2.37. The molecule has 3 aromatic carbocycles. The molecule has 1 aliphatic heterocycles. The van der Waals surface area contributed by atoms with E-state index in [2.05, 4.69) is 4.90 Å². The Kier molecular flexibility index (Phi) is 8.41. The Balaban J connectivity index is 1.50. The van der Waals surface area contributed by atoms with Crippen LogP contribution in [-0.2, 0) is 19.6 Å². The number of piperazine rings is 1. The number of aromatic nitrogens is 2. The fourth-order valence-electron chi connectivity index (χ4n) is 5.36. The predicted octanol–water partition coefficient (Wildman–Crippen LogP) is 3.81. The summed E-state index contributed by atoms with van der Waals surface area (Å²) in [5, 5.41) is 0. The molecule has 2 N–H and O–H groups in total. The Labute approximate surface area is 235 Å². The molecule has 41 heavy (non-hydrogen) atoms. The standard InChI is InChI=1S/C31H32F3N5O2/c1-21-29(37-15-13-36(14-16-37)18-22-7-5-10-24(32)17-22)30(40)39(20-28(35)23-8-3-2-4-9-23)31(41)38(21)19-25-26(33)11-6-12-27(25)34/h2-12,17,28H,13-16,18-20,35H2,1H3. The minimum atomic E-state index is -0.775. The third-order valence-electron chi connectivity index (χ3n) is 7.63. The van der Waals surface area contributed by atoms with Crippen LogP contribution < -0.4 is 21.9 Å². The molecule has 1 aromatic heterocycles. The van der Waals surface area contributed by atoms with Gasteiger partial charge < -0.3 is 10.6 Å². The molecule has 10 heteroatoms. The van der Waals surface area contributed by atoms with Crippen LogP contribution in [-0.4, -0.2) is 40.2 Å². The van der Waals surface area contributed by atoms with Gasteiger partial charge in [0.05, 0.1) is 13.1 Å². The van der Waals surface area contributed by atoms with Crippen molar-refractivity contribution in [3.05, 3.63) is 133 Å². The fraction of sp³-hybridized carbons (Fsp3) is 0.290. The first-order valence-corrected chi connectivity index (χ1v) is 13.5. The Hall–Kier alpha value is -4.15. The summed E-state index contributed by atoms with van der Waals surface area (Å²) in [6, 6.07) is 18.4. The Bertz CT molecular complexity index is 1630. The van der Waals surface area contributed by atoms with Crippen molar-refractivity contribution >= 4 is 5.69 Å². The van der Waals surface area contributed by atoms with Crippen molar-refractivity contribution in [3.8, 4) is 0 Å². The zero-order chi connectivity index (χ0) is 29.1. The van der Waals surface area contributed by atoms with Crippen molar-refractivity contribution in [2.45, 2.75) is 32.6 Å². The smallest absolute Gasteiger partial charge is 0.331 e. The highest BCUT2D eigenvalue weighted by Crippen LogP contribution is 2.21. The van der Waals surface area contributed by atoms with Crippen LogP contribution in [0.25, 0.3) is 0 Å². The molecule has 1 fully saturated rings. The van der Waals surface area contributed by atoms with E-state index in [1.165, 1.54) is 22.8 Å². The van der Waals surface area contributed by atoms with Crippen LogP contribution in [0.2, 0.25) is 0 Å². The first-order chi connectivity index (χ1) is 19.7. The molecule has 0 spiro atoms. The molecule has 1 atom stereocenters. The number of anilines is 1. The molecule has 0 amide bonds. The van der Waals surface area contributed by atoms with E-state index in [0.717, 1.165) is 27.8 Å². The topological polar surface area (TPSA) is 76.5 Å². The molecular formula is C31H32F3N5O2. The van der Waals surface area contributed by atoms with E-state index in [-0.39, 0.29) is 24.5 Å². The molecule has 1 aliphatic rings. The highest BCUT2D eigenvalue weighted by molar-refractivity contribution is 5.50. The number of nitrogens with two attached hydrogens (primary N) is 1. The summed E-state index contributed by atoms with van der Waals surface area (Å²) in [5.41, 5.74) is 7.19. The minimum Gasteiger partial charge on any atom is -0.363 e. The quantitative estimate of drug-likeness (QED) is 0.353. The first kappa shape index (κ1) is 28.4. The van der Waals surface area contributed by atoms with Crippen LogP contribution in [0.15, 0.2) is 82.4 Å². The summed E-state index contributed by atoms with van der Waals surface area (Å²) in [5.74, 6) is -1.84. The van der Waals surface area contributed by atoms with Crippen molar-refractivity contribution in [1.82, 2.24) is 14.0 Å². The molecule has 4 aromatic rings. The number of halogens is 3. The Morgan fingerprint density at radius 2 is 1.46 bits per heavy atom. The molecule has 1 saturated heterocycles. The van der Waals surface area contributed by atoms with Crippen LogP contribution in [0, 0.1) is 24.4 Å². The van der Waals surface area contributed by atoms with Crippen LogP contribution >= 0.6 is 0 Å². The van der Waals surface area contributed by atoms with E-state index in [0.29, 0.717) is 44.1 Å². The van der Waals surface area contributed by atoms with Crippen molar-refractivity contribution in [2.24, 2.45) is 5.73 Å². The predicted molar refractivity (Wildman–Crippen MR) is 152 cm³/mol. The lowest BCUT2D eigenvalue weighted by atomic mass is 10.1. The molecule has 0 bridgehead atoms. The third-order valence-corrected chi connectivity index (χ3v) is 7.63. The highest BCUT2D eigenvalue weighted by Gasteiger charge is 2.26. The third kappa shape index (κ3) is 6.13. The second-order valence-electron chi connectivity index (χ2n) is 10.3. The van der Waals surface area contributed by atoms with Gasteiger partial charge in [-0.1, -0.05) is 48.5 Å². The van der Waals surface area contributed by atoms with Crippen molar-refractivity contribution in [1.29, 1.82) is 0 Å². The van der Waals surface area contributed by atoms with Gasteiger partial charge in [0, 0.05) is 50.0 Å². The van der Waals surface area contributed by atoms with Gasteiger partial charge in [-0.2, -0.15) is 0 Å². The summed E-state index contributed by atoms with van der Waals surface area (Å²) < 4.78 is 45.2. The Morgan fingerprint density at radius 3 is 2.12 bits per heavy atom. The zero-order valence-corrected chi connectivity index (χ0v) is 22.8. The van der Waals surface area contributed by atoms with Crippen molar-refractivity contribution in [2.75, 3.05) is 31.1 Å². The van der Waals surface area contributed by atoms with Crippen molar-refractivity contribution < 1.29 is 13.2 Å². The fourth-order valence-corrected chi connectivity index (χ4v) is 5.36. The van der Waals surface area contributed by atoms with E-state index in [4.69, 9.17) is 5.73 Å². The number of hydrogen-bond acceptors (Lipinski definition) is 5. The van der Waals surface area contributed by atoms with Gasteiger partial charge in [-0.15, -0.1) is 0 Å². The molecule has 0 aliphatic carbocycles. The van der Waals surface area contributed by atoms with Crippen LogP contribution in [0.1, 0.15) is 28.4 Å². The second kappa shape index (κ2) is 12.2. The van der Waals surface area contributed by atoms with Gasteiger partial charge in [0.15, 0.2) is 0 Å². The number of hydrogen-bond donors (Lipinski definition) is 1. The monoisotopic (exact) mass is 563 g/mol. The van der Waals surface area contributed by atoms with Crippen LogP contribution in [0.4, 0.5) is 18.9 Å². The van der Waals surface area contributed by atoms with E-state index in [1.807, 2.05) is 41.3 Å². The summed E-state index contributed by atoms with van der Waals surface area (Å²) in [6.45, 7) is 3.85. The molecule has 1 unspecified atom stereocenters. The van der Waals surface area contributed by atoms with E-state index >= 15 is 0 Å². The van der Waals surface area contributed by atoms with Gasteiger partial charge in [0.25, 0.3) is 5.56 Å². The summed E-state index contributed by atoms with van der Waals surface area (Å²) >= 11 is 0. The van der Waals surface area contributed by atoms with Gasteiger partial charge in [-0.3, -0.25) is 18.8 Å². The molecule has 2 heterocycles. The maximum atomic E-state index is 14.6. The summed E-state index contributed by atoms with van der Waals surface area (Å²) in [6.07, 6.45) is 0. The minimum absolute atomic E-state index is 0.103. The van der Waals surface area contributed by atoms with Crippen LogP contribution in [0.5, 0.6) is 0 Å². The van der Waals surface area contributed by atoms with Gasteiger partial charge >= 0.3 is 5.69 Å². The van der Waals surface area contributed by atoms with Gasteiger partial charge in [0.2, 0.25) is 0 Å². The largest absolute Gasteiger partial charge is 0.363 e. The molecule has 0 saturated carbocycles. The Morgan fingerprint density at radius 1 is 0.805 bits per heavy atom. The highest BCUT2D eigenvalue weighted by atomic mass is 19.1. The number of nitrogens with zero attached hydrogens (tertiary/aromatic N) is 4. The van der Waals surface area contributed by atoms with Gasteiger partial charge in [-0.25, -0.2) is 18.0 Å². The number of benzene rings is 3. The number of rotatable bonds is 8. The maximum Gasteiger partial charge on any atom is 0.331 e. The molecule has 0 radical (unpaired) electrons. The zero-order valence-electron chi connectivity index (χ0n) is 22.8. The average molecular weight is 564 g/mol. The van der Waals surface area contributed by atoms with Gasteiger partial charge in [-0.05, 0) is 42.3 Å². The summed E-state index contributed by atoms with van der Waals surface area (Å²) in [7, 11) is 0. The normalized spacial score (nSPS) is 14.8. The molecule has 5 rings (SSSR count). The lowest BCUT2D eigenvalue weighted by molar-refractivity contribution is 0.249.